The van der Waals surface area contributed by atoms with Crippen LogP contribution in [0.2, 0.25) is 0 Å². The lowest BCUT2D eigenvalue weighted by Crippen LogP contribution is -2.16. The molecule has 0 atom stereocenters. The van der Waals surface area contributed by atoms with Crippen molar-refractivity contribution in [3.05, 3.63) is 230 Å². The fourth-order valence-corrected chi connectivity index (χ4v) is 10.8. The molecular weight excluding hydrogens is 777 g/mol. The van der Waals surface area contributed by atoms with Gasteiger partial charge in [0, 0.05) is 44.6 Å². The van der Waals surface area contributed by atoms with Gasteiger partial charge in [-0.2, -0.15) is 0 Å². The molecule has 0 unspecified atom stereocenters. The van der Waals surface area contributed by atoms with Crippen LogP contribution < -0.4 is 9.80 Å². The minimum Gasteiger partial charge on any atom is -0.454 e. The molecule has 13 rings (SSSR count). The van der Waals surface area contributed by atoms with Gasteiger partial charge >= 0.3 is 0 Å². The summed E-state index contributed by atoms with van der Waals surface area (Å²) in [4.78, 5) is 4.75. The minimum atomic E-state index is -0.102. The molecule has 0 saturated carbocycles. The molecule has 12 aromatic rings. The molecule has 0 fully saturated rings. The van der Waals surface area contributed by atoms with Gasteiger partial charge in [-0.25, -0.2) is 0 Å². The maximum absolute atomic E-state index is 6.61. The normalized spacial score (nSPS) is 13.0. The van der Waals surface area contributed by atoms with Crippen LogP contribution in [0.4, 0.5) is 34.1 Å². The van der Waals surface area contributed by atoms with E-state index >= 15 is 0 Å². The van der Waals surface area contributed by atoms with E-state index in [-0.39, 0.29) is 5.41 Å². The number of hydrogen-bond donors (Lipinski definition) is 0. The Hall–Kier alpha value is -8.14. The Kier molecular flexibility index (Phi) is 7.95. The van der Waals surface area contributed by atoms with Crippen LogP contribution in [-0.4, -0.2) is 0 Å². The van der Waals surface area contributed by atoms with Gasteiger partial charge in [-0.05, 0) is 138 Å². The monoisotopic (exact) mass is 818 g/mol. The van der Waals surface area contributed by atoms with E-state index < -0.39 is 0 Å². The largest absolute Gasteiger partial charge is 0.454 e. The number of fused-ring (bicyclic) bond motifs is 14. The van der Waals surface area contributed by atoms with Gasteiger partial charge in [0.25, 0.3) is 0 Å². The summed E-state index contributed by atoms with van der Waals surface area (Å²) in [6, 6.07) is 79.6. The quantitative estimate of drug-likeness (QED) is 0.156. The van der Waals surface area contributed by atoms with Crippen LogP contribution in [0.3, 0.4) is 0 Å². The minimum absolute atomic E-state index is 0.102. The van der Waals surface area contributed by atoms with Crippen LogP contribution in [0.15, 0.2) is 223 Å². The number of hydrogen-bond acceptors (Lipinski definition) is 3. The van der Waals surface area contributed by atoms with Crippen LogP contribution in [-0.2, 0) is 5.41 Å². The molecule has 0 bridgehead atoms. The van der Waals surface area contributed by atoms with Crippen LogP contribution in [0.1, 0.15) is 25.0 Å². The summed E-state index contributed by atoms with van der Waals surface area (Å²) in [6.07, 6.45) is 0. The second-order valence-corrected chi connectivity index (χ2v) is 17.7. The second kappa shape index (κ2) is 13.9. The van der Waals surface area contributed by atoms with Crippen LogP contribution in [0.5, 0.6) is 0 Å². The summed E-state index contributed by atoms with van der Waals surface area (Å²) < 4.78 is 6.61. The lowest BCUT2D eigenvalue weighted by atomic mass is 9.82. The molecular formula is C61H42N2O. The highest BCUT2D eigenvalue weighted by atomic mass is 16.3. The first-order chi connectivity index (χ1) is 31.5. The third kappa shape index (κ3) is 5.41. The highest BCUT2D eigenvalue weighted by molar-refractivity contribution is 6.32. The smallest absolute Gasteiger partial charge is 0.159 e. The first kappa shape index (κ1) is 36.5. The Morgan fingerprint density at radius 2 is 0.906 bits per heavy atom. The van der Waals surface area contributed by atoms with E-state index in [2.05, 4.69) is 236 Å². The summed E-state index contributed by atoms with van der Waals surface area (Å²) >= 11 is 0. The summed E-state index contributed by atoms with van der Waals surface area (Å²) in [5.41, 5.74) is 13.6. The maximum Gasteiger partial charge on any atom is 0.159 e. The number of rotatable bonds is 6. The molecule has 302 valence electrons. The van der Waals surface area contributed by atoms with E-state index in [1.165, 1.54) is 65.3 Å². The zero-order valence-corrected chi connectivity index (χ0v) is 35.6. The zero-order chi connectivity index (χ0) is 42.5. The van der Waals surface area contributed by atoms with E-state index in [0.29, 0.717) is 0 Å². The molecule has 0 spiro atoms. The first-order valence-electron chi connectivity index (χ1n) is 22.2. The fourth-order valence-electron chi connectivity index (χ4n) is 10.8. The molecule has 0 aliphatic heterocycles. The summed E-state index contributed by atoms with van der Waals surface area (Å²) in [6.45, 7) is 4.71. The standard InChI is InChI=1S/C61H42N2O/c1-61(2)55-25-13-11-21-48(55)49-35-31-44(38-56(49)61)62(40-16-5-3-6-17-40)43-30-34-47-52-32-28-39-36-42(29-33-45(39)59(52)51-23-10-9-20-46(51)54(47)37-43)63(41-18-7-4-8-19-41)57-26-15-24-53-50-22-12-14-27-58(50)64-60(53)57/h3-38H,1-2H3. The zero-order valence-electron chi connectivity index (χ0n) is 35.6. The van der Waals surface area contributed by atoms with Crippen molar-refractivity contribution < 1.29 is 4.42 Å². The Bertz CT molecular complexity index is 3810. The summed E-state index contributed by atoms with van der Waals surface area (Å²) in [5, 5.41) is 12.1. The van der Waals surface area contributed by atoms with Crippen molar-refractivity contribution in [1.29, 1.82) is 0 Å². The van der Waals surface area contributed by atoms with Gasteiger partial charge in [0.2, 0.25) is 0 Å². The summed E-state index contributed by atoms with van der Waals surface area (Å²) in [5.74, 6) is 0. The van der Waals surface area contributed by atoms with Crippen molar-refractivity contribution in [1.82, 2.24) is 0 Å². The number of anilines is 6. The van der Waals surface area contributed by atoms with E-state index in [0.717, 1.165) is 56.1 Å². The highest BCUT2D eigenvalue weighted by Crippen LogP contribution is 2.51. The summed E-state index contributed by atoms with van der Waals surface area (Å²) in [7, 11) is 0. The molecule has 1 aliphatic rings. The van der Waals surface area contributed by atoms with Gasteiger partial charge in [0.05, 0.1) is 5.69 Å². The van der Waals surface area contributed by atoms with Gasteiger partial charge in [0.15, 0.2) is 5.58 Å². The Morgan fingerprint density at radius 1 is 0.344 bits per heavy atom. The van der Waals surface area contributed by atoms with Gasteiger partial charge in [-0.15, -0.1) is 0 Å². The fraction of sp³-hybridized carbons (Fsp3) is 0.0492. The number of benzene rings is 11. The first-order valence-corrected chi connectivity index (χ1v) is 22.2. The predicted molar refractivity (Wildman–Crippen MR) is 271 cm³/mol. The molecule has 0 N–H and O–H groups in total. The average Bonchev–Trinajstić information content (AvgIpc) is 3.84. The van der Waals surface area contributed by atoms with Crippen molar-refractivity contribution in [3.8, 4) is 11.1 Å². The molecule has 1 aliphatic carbocycles. The molecule has 0 radical (unpaired) electrons. The molecule has 11 aromatic carbocycles. The molecule has 0 amide bonds. The Morgan fingerprint density at radius 3 is 1.72 bits per heavy atom. The Labute approximate surface area is 371 Å². The average molecular weight is 819 g/mol. The number of para-hydroxylation sites is 4. The number of nitrogens with zero attached hydrogens (tertiary/aromatic N) is 2. The maximum atomic E-state index is 6.61. The third-order valence-corrected chi connectivity index (χ3v) is 13.8. The van der Waals surface area contributed by atoms with Crippen LogP contribution in [0.25, 0.3) is 76.2 Å². The molecule has 3 nitrogen and oxygen atoms in total. The number of furan rings is 1. The molecule has 64 heavy (non-hydrogen) atoms. The van der Waals surface area contributed by atoms with Gasteiger partial charge < -0.3 is 14.2 Å². The lowest BCUT2D eigenvalue weighted by molar-refractivity contribution is 0.660. The third-order valence-electron chi connectivity index (χ3n) is 13.8. The van der Waals surface area contributed by atoms with E-state index in [4.69, 9.17) is 4.42 Å². The molecule has 0 saturated heterocycles. The van der Waals surface area contributed by atoms with E-state index in [9.17, 15) is 0 Å². The van der Waals surface area contributed by atoms with Gasteiger partial charge in [-0.3, -0.25) is 0 Å². The van der Waals surface area contributed by atoms with Crippen LogP contribution >= 0.6 is 0 Å². The van der Waals surface area contributed by atoms with Crippen molar-refractivity contribution in [2.24, 2.45) is 0 Å². The molecule has 3 heteroatoms. The van der Waals surface area contributed by atoms with E-state index in [1.807, 2.05) is 6.07 Å². The lowest BCUT2D eigenvalue weighted by Gasteiger charge is -2.28. The van der Waals surface area contributed by atoms with Crippen molar-refractivity contribution in [2.75, 3.05) is 9.80 Å². The SMILES string of the molecule is CC1(C)c2ccccc2-c2ccc(N(c3ccccc3)c3ccc4c(c3)c3ccccc3c3c5ccc(N(c6ccccc6)c6cccc7c6oc6ccccc67)cc5ccc43)cc21. The molecule has 1 aromatic heterocycles. The van der Waals surface area contributed by atoms with Gasteiger partial charge in [-0.1, -0.05) is 159 Å². The molecule has 1 heterocycles. The van der Waals surface area contributed by atoms with Crippen LogP contribution in [0, 0.1) is 0 Å². The van der Waals surface area contributed by atoms with E-state index in [1.54, 1.807) is 0 Å². The van der Waals surface area contributed by atoms with Crippen molar-refractivity contribution >= 4 is 99.2 Å². The van der Waals surface area contributed by atoms with Crippen molar-refractivity contribution in [2.45, 2.75) is 19.3 Å². The highest BCUT2D eigenvalue weighted by Gasteiger charge is 2.36. The van der Waals surface area contributed by atoms with Crippen molar-refractivity contribution in [3.63, 3.8) is 0 Å². The Balaban J connectivity index is 0.983. The van der Waals surface area contributed by atoms with Gasteiger partial charge in [0.1, 0.15) is 5.58 Å². The topological polar surface area (TPSA) is 19.6 Å². The second-order valence-electron chi connectivity index (χ2n) is 17.7. The predicted octanol–water partition coefficient (Wildman–Crippen LogP) is 17.4.